The highest BCUT2D eigenvalue weighted by atomic mass is 16.5. The van der Waals surface area contributed by atoms with Crippen molar-refractivity contribution in [3.63, 3.8) is 0 Å². The average molecular weight is 362 g/mol. The molecule has 1 aromatic heterocycles. The van der Waals surface area contributed by atoms with Crippen LogP contribution in [0, 0.1) is 11.3 Å². The van der Waals surface area contributed by atoms with Gasteiger partial charge in [-0.25, -0.2) is 0 Å². The number of hydrogen-bond donors (Lipinski definition) is 1. The number of nitriles is 1. The van der Waals surface area contributed by atoms with Gasteiger partial charge in [-0.05, 0) is 36.4 Å². The Morgan fingerprint density at radius 1 is 1.04 bits per heavy atom. The molecule has 1 heterocycles. The lowest BCUT2D eigenvalue weighted by atomic mass is 10.0. The van der Waals surface area contributed by atoms with E-state index in [-0.39, 0.29) is 11.4 Å². The number of Topliss-reactive ketones (excluding diaryl/α,β-unsaturated/α-hetero) is 1. The van der Waals surface area contributed by atoms with Crippen molar-refractivity contribution in [2.45, 2.75) is 0 Å². The van der Waals surface area contributed by atoms with Crippen molar-refractivity contribution in [1.82, 2.24) is 4.98 Å². The summed E-state index contributed by atoms with van der Waals surface area (Å²) in [7, 11) is 4.64. The van der Waals surface area contributed by atoms with Gasteiger partial charge in [-0.3, -0.25) is 4.79 Å². The molecule has 0 saturated heterocycles. The average Bonchev–Trinajstić information content (AvgIpc) is 3.14. The number of hydrogen-bond acceptors (Lipinski definition) is 5. The first-order valence-corrected chi connectivity index (χ1v) is 8.15. The molecule has 0 unspecified atom stereocenters. The first kappa shape index (κ1) is 18.1. The second kappa shape index (κ2) is 7.67. The van der Waals surface area contributed by atoms with E-state index in [0.717, 1.165) is 5.52 Å². The van der Waals surface area contributed by atoms with Crippen molar-refractivity contribution in [1.29, 1.82) is 5.26 Å². The monoisotopic (exact) mass is 362 g/mol. The molecule has 0 aliphatic rings. The molecule has 1 N–H and O–H groups in total. The maximum absolute atomic E-state index is 13.0. The zero-order chi connectivity index (χ0) is 19.4. The number of carbonyl (C=O) groups is 1. The number of aromatic nitrogens is 1. The molecule has 0 spiro atoms. The number of nitrogens with one attached hydrogen (secondary N) is 1. The van der Waals surface area contributed by atoms with E-state index in [2.05, 4.69) is 4.98 Å². The molecule has 3 rings (SSSR count). The van der Waals surface area contributed by atoms with Crippen LogP contribution in [0.4, 0.5) is 0 Å². The van der Waals surface area contributed by atoms with Crippen molar-refractivity contribution >= 4 is 22.8 Å². The summed E-state index contributed by atoms with van der Waals surface area (Å²) in [6.07, 6.45) is 3.11. The molecule has 136 valence electrons. The van der Waals surface area contributed by atoms with E-state index in [4.69, 9.17) is 14.2 Å². The summed E-state index contributed by atoms with van der Waals surface area (Å²) in [5.41, 5.74) is 1.81. The number of ether oxygens (including phenoxy) is 3. The fourth-order valence-corrected chi connectivity index (χ4v) is 2.80. The summed E-state index contributed by atoms with van der Waals surface area (Å²) in [5.74, 6) is 1.39. The number of fused-ring (bicyclic) bond motifs is 1. The molecule has 3 aromatic rings. The Bertz CT molecular complexity index is 1070. The lowest BCUT2D eigenvalue weighted by molar-refractivity contribution is 0.104. The van der Waals surface area contributed by atoms with Crippen LogP contribution in [0.25, 0.3) is 17.0 Å². The Morgan fingerprint density at radius 3 is 2.41 bits per heavy atom. The third-order valence-electron chi connectivity index (χ3n) is 4.24. The molecule has 27 heavy (non-hydrogen) atoms. The molecule has 0 amide bonds. The number of aromatic amines is 1. The highest BCUT2D eigenvalue weighted by Gasteiger charge is 2.18. The normalized spacial score (nSPS) is 11.1. The van der Waals surface area contributed by atoms with Gasteiger partial charge in [0.15, 0.2) is 0 Å². The summed E-state index contributed by atoms with van der Waals surface area (Å²) in [4.78, 5) is 16.0. The van der Waals surface area contributed by atoms with Crippen LogP contribution in [0.3, 0.4) is 0 Å². The van der Waals surface area contributed by atoms with Gasteiger partial charge >= 0.3 is 0 Å². The quantitative estimate of drug-likeness (QED) is 0.407. The SMILES string of the molecule is COc1ccc(C=C(C#N)C(=O)c2c[nH]c3ccc(OC)cc23)c(OC)c1. The molecule has 0 aliphatic carbocycles. The van der Waals surface area contributed by atoms with Gasteiger partial charge in [0.05, 0.1) is 21.3 Å². The zero-order valence-corrected chi connectivity index (χ0v) is 15.2. The first-order valence-electron chi connectivity index (χ1n) is 8.15. The van der Waals surface area contributed by atoms with Gasteiger partial charge in [-0.1, -0.05) is 0 Å². The van der Waals surface area contributed by atoms with Crippen LogP contribution < -0.4 is 14.2 Å². The zero-order valence-electron chi connectivity index (χ0n) is 15.2. The van der Waals surface area contributed by atoms with Crippen molar-refractivity contribution in [3.8, 4) is 23.3 Å². The molecule has 0 fully saturated rings. The number of allylic oxidation sites excluding steroid dienone is 1. The number of benzene rings is 2. The number of methoxy groups -OCH3 is 3. The van der Waals surface area contributed by atoms with Crippen molar-refractivity contribution in [2.24, 2.45) is 0 Å². The molecule has 0 aliphatic heterocycles. The molecule has 6 nitrogen and oxygen atoms in total. The maximum atomic E-state index is 13.0. The van der Waals surface area contributed by atoms with Crippen molar-refractivity contribution < 1.29 is 19.0 Å². The van der Waals surface area contributed by atoms with Crippen LogP contribution in [0.1, 0.15) is 15.9 Å². The van der Waals surface area contributed by atoms with Gasteiger partial charge < -0.3 is 19.2 Å². The Kier molecular flexibility index (Phi) is 5.13. The first-order chi connectivity index (χ1) is 13.1. The van der Waals surface area contributed by atoms with Gasteiger partial charge in [0.2, 0.25) is 5.78 Å². The van der Waals surface area contributed by atoms with Crippen LogP contribution in [0.15, 0.2) is 48.2 Å². The predicted octanol–water partition coefficient (Wildman–Crippen LogP) is 3.98. The summed E-state index contributed by atoms with van der Waals surface area (Å²) in [6.45, 7) is 0. The lowest BCUT2D eigenvalue weighted by Crippen LogP contribution is -2.01. The van der Waals surface area contributed by atoms with E-state index in [1.807, 2.05) is 12.1 Å². The van der Waals surface area contributed by atoms with Gasteiger partial charge in [0, 0.05) is 34.3 Å². The second-order valence-corrected chi connectivity index (χ2v) is 5.72. The van der Waals surface area contributed by atoms with Crippen LogP contribution in [0.5, 0.6) is 17.2 Å². The lowest BCUT2D eigenvalue weighted by Gasteiger charge is -2.08. The molecular formula is C21H18N2O4. The van der Waals surface area contributed by atoms with Crippen LogP contribution in [-0.4, -0.2) is 32.1 Å². The molecule has 0 bridgehead atoms. The number of ketones is 1. The van der Waals surface area contributed by atoms with Crippen molar-refractivity contribution in [2.75, 3.05) is 21.3 Å². The molecule has 0 saturated carbocycles. The molecular weight excluding hydrogens is 344 g/mol. The minimum Gasteiger partial charge on any atom is -0.497 e. The number of rotatable bonds is 6. The fraction of sp³-hybridized carbons (Fsp3) is 0.143. The molecule has 0 atom stereocenters. The van der Waals surface area contributed by atoms with Crippen LogP contribution >= 0.6 is 0 Å². The van der Waals surface area contributed by atoms with E-state index in [0.29, 0.717) is 33.8 Å². The van der Waals surface area contributed by atoms with Gasteiger partial charge in [0.1, 0.15) is 28.9 Å². The van der Waals surface area contributed by atoms with Crippen LogP contribution in [0.2, 0.25) is 0 Å². The summed E-state index contributed by atoms with van der Waals surface area (Å²) < 4.78 is 15.7. The molecule has 6 heteroatoms. The number of H-pyrrole nitrogens is 1. The predicted molar refractivity (Wildman–Crippen MR) is 102 cm³/mol. The Balaban J connectivity index is 2.05. The summed E-state index contributed by atoms with van der Waals surface area (Å²) in [6, 6.07) is 12.6. The summed E-state index contributed by atoms with van der Waals surface area (Å²) in [5, 5.41) is 10.3. The Morgan fingerprint density at radius 2 is 1.74 bits per heavy atom. The topological polar surface area (TPSA) is 84.3 Å². The third kappa shape index (κ3) is 3.48. The Hall–Kier alpha value is -3.72. The van der Waals surface area contributed by atoms with E-state index in [9.17, 15) is 10.1 Å². The Labute approximate surface area is 156 Å². The fourth-order valence-electron chi connectivity index (χ4n) is 2.80. The highest BCUT2D eigenvalue weighted by Crippen LogP contribution is 2.29. The standard InChI is InChI=1S/C21H18N2O4/c1-25-15-6-7-19-17(9-15)18(12-23-19)21(24)14(11-22)8-13-4-5-16(26-2)10-20(13)27-3/h4-10,12,23H,1-3H3. The molecule has 2 aromatic carbocycles. The number of carbonyl (C=O) groups excluding carboxylic acids is 1. The maximum Gasteiger partial charge on any atom is 0.205 e. The van der Waals surface area contributed by atoms with E-state index in [1.54, 1.807) is 50.7 Å². The third-order valence-corrected chi connectivity index (χ3v) is 4.24. The van der Waals surface area contributed by atoms with E-state index >= 15 is 0 Å². The van der Waals surface area contributed by atoms with E-state index < -0.39 is 0 Å². The van der Waals surface area contributed by atoms with Gasteiger partial charge in [-0.15, -0.1) is 0 Å². The largest absolute Gasteiger partial charge is 0.497 e. The number of nitrogens with zero attached hydrogens (tertiary/aromatic N) is 1. The molecule has 0 radical (unpaired) electrons. The summed E-state index contributed by atoms with van der Waals surface area (Å²) >= 11 is 0. The minimum atomic E-state index is -0.380. The van der Waals surface area contributed by atoms with Crippen LogP contribution in [-0.2, 0) is 0 Å². The van der Waals surface area contributed by atoms with Gasteiger partial charge in [-0.2, -0.15) is 5.26 Å². The minimum absolute atomic E-state index is 0.00202. The highest BCUT2D eigenvalue weighted by molar-refractivity contribution is 6.20. The van der Waals surface area contributed by atoms with Gasteiger partial charge in [0.25, 0.3) is 0 Å². The second-order valence-electron chi connectivity index (χ2n) is 5.72. The smallest absolute Gasteiger partial charge is 0.205 e. The van der Waals surface area contributed by atoms with E-state index in [1.165, 1.54) is 13.2 Å². The van der Waals surface area contributed by atoms with Crippen molar-refractivity contribution in [3.05, 3.63) is 59.3 Å².